The summed E-state index contributed by atoms with van der Waals surface area (Å²) in [4.78, 5) is 4.62. The van der Waals surface area contributed by atoms with Crippen LogP contribution in [0.15, 0.2) is 53.8 Å². The lowest BCUT2D eigenvalue weighted by molar-refractivity contribution is 0.569. The molecule has 0 bridgehead atoms. The van der Waals surface area contributed by atoms with Crippen LogP contribution in [0.1, 0.15) is 31.9 Å². The van der Waals surface area contributed by atoms with E-state index in [4.69, 9.17) is 0 Å². The van der Waals surface area contributed by atoms with E-state index in [1.165, 1.54) is 0 Å². The molecule has 0 spiro atoms. The van der Waals surface area contributed by atoms with Crippen LogP contribution in [0.3, 0.4) is 0 Å². The molecule has 0 aliphatic heterocycles. The van der Waals surface area contributed by atoms with Crippen molar-refractivity contribution in [3.8, 4) is 0 Å². The zero-order valence-electron chi connectivity index (χ0n) is 16.9. The summed E-state index contributed by atoms with van der Waals surface area (Å²) in [6, 6.07) is 11.4. The second kappa shape index (κ2) is 10.9. The molecule has 2 rings (SSSR count). The summed E-state index contributed by atoms with van der Waals surface area (Å²) in [5.41, 5.74) is 1.67. The number of hydrogen-bond donors (Lipinski definition) is 3. The number of aliphatic imine (C=N–C) groups is 1. The van der Waals surface area contributed by atoms with Gasteiger partial charge in [0.05, 0.1) is 12.3 Å². The fraction of sp³-hybridized carbons (Fsp3) is 0.450. The van der Waals surface area contributed by atoms with Gasteiger partial charge in [0.25, 0.3) is 0 Å². The molecule has 0 aliphatic rings. The van der Waals surface area contributed by atoms with Crippen molar-refractivity contribution >= 4 is 16.0 Å². The van der Waals surface area contributed by atoms with Crippen molar-refractivity contribution in [2.45, 2.75) is 45.7 Å². The van der Waals surface area contributed by atoms with Gasteiger partial charge in [-0.1, -0.05) is 24.3 Å². The van der Waals surface area contributed by atoms with Crippen LogP contribution in [-0.2, 0) is 28.9 Å². The highest BCUT2D eigenvalue weighted by molar-refractivity contribution is 7.88. The monoisotopic (exact) mass is 405 g/mol. The molecule has 154 valence electrons. The summed E-state index contributed by atoms with van der Waals surface area (Å²) in [6.45, 7) is 8.39. The van der Waals surface area contributed by atoms with E-state index in [0.717, 1.165) is 30.8 Å². The van der Waals surface area contributed by atoms with Crippen molar-refractivity contribution in [3.63, 3.8) is 0 Å². The van der Waals surface area contributed by atoms with E-state index in [-0.39, 0.29) is 11.8 Å². The summed E-state index contributed by atoms with van der Waals surface area (Å²) >= 11 is 0. The number of nitrogens with zero attached hydrogens (tertiary/aromatic N) is 2. The van der Waals surface area contributed by atoms with Crippen molar-refractivity contribution in [2.75, 3.05) is 13.1 Å². The molecule has 0 amide bonds. The van der Waals surface area contributed by atoms with Gasteiger partial charge >= 0.3 is 0 Å². The Kier molecular flexibility index (Phi) is 8.53. The Labute approximate surface area is 168 Å². The minimum Gasteiger partial charge on any atom is -0.357 e. The molecule has 8 heteroatoms. The molecule has 2 aromatic rings. The largest absolute Gasteiger partial charge is 0.357 e. The molecule has 28 heavy (non-hydrogen) atoms. The van der Waals surface area contributed by atoms with Gasteiger partial charge in [-0.05, 0) is 44.0 Å². The Hall–Kier alpha value is -2.32. The van der Waals surface area contributed by atoms with Gasteiger partial charge in [-0.15, -0.1) is 0 Å². The number of rotatable bonds is 10. The molecule has 0 unspecified atom stereocenters. The number of guanidine groups is 1. The predicted octanol–water partition coefficient (Wildman–Crippen LogP) is 2.07. The van der Waals surface area contributed by atoms with E-state index in [0.29, 0.717) is 12.5 Å². The number of hydrogen-bond acceptors (Lipinski definition) is 3. The van der Waals surface area contributed by atoms with Crippen molar-refractivity contribution in [2.24, 2.45) is 4.99 Å². The van der Waals surface area contributed by atoms with Crippen LogP contribution in [0.2, 0.25) is 0 Å². The van der Waals surface area contributed by atoms with Gasteiger partial charge in [-0.25, -0.2) is 18.1 Å². The molecule has 3 N–H and O–H groups in total. The van der Waals surface area contributed by atoms with E-state index in [2.05, 4.69) is 24.9 Å². The fourth-order valence-corrected chi connectivity index (χ4v) is 4.28. The first kappa shape index (κ1) is 22.0. The highest BCUT2D eigenvalue weighted by atomic mass is 32.2. The molecular formula is C20H31N5O2S. The standard InChI is InChI=1S/C20H31N5O2S/c1-4-21-20(22-11-14-25-12-7-8-13-25)23-15-18-9-5-6-10-19(18)16-28(26,27)24-17(2)3/h5-10,12-13,17,24H,4,11,14-16H2,1-3H3,(H2,21,22,23). The Morgan fingerprint density at radius 2 is 1.75 bits per heavy atom. The van der Waals surface area contributed by atoms with Crippen molar-refractivity contribution in [1.82, 2.24) is 19.9 Å². The average molecular weight is 406 g/mol. The first-order valence-electron chi connectivity index (χ1n) is 9.59. The fourth-order valence-electron chi connectivity index (χ4n) is 2.79. The Morgan fingerprint density at radius 3 is 2.39 bits per heavy atom. The maximum atomic E-state index is 12.3. The second-order valence-electron chi connectivity index (χ2n) is 6.84. The minimum atomic E-state index is -3.38. The van der Waals surface area contributed by atoms with E-state index < -0.39 is 10.0 Å². The Bertz CT molecular complexity index is 845. The third-order valence-corrected chi connectivity index (χ3v) is 5.48. The zero-order valence-corrected chi connectivity index (χ0v) is 17.7. The van der Waals surface area contributed by atoms with Crippen LogP contribution in [0.4, 0.5) is 0 Å². The first-order chi connectivity index (χ1) is 13.4. The molecule has 1 aromatic carbocycles. The number of nitrogens with one attached hydrogen (secondary N) is 3. The molecule has 0 atom stereocenters. The Balaban J connectivity index is 2.03. The average Bonchev–Trinajstić information content (AvgIpc) is 3.12. The van der Waals surface area contributed by atoms with Gasteiger partial charge in [0.15, 0.2) is 5.96 Å². The number of sulfonamides is 1. The molecule has 7 nitrogen and oxygen atoms in total. The molecule has 0 radical (unpaired) electrons. The van der Waals surface area contributed by atoms with Gasteiger partial charge in [-0.3, -0.25) is 0 Å². The third-order valence-electron chi connectivity index (χ3n) is 3.96. The van der Waals surface area contributed by atoms with Crippen LogP contribution in [0, 0.1) is 0 Å². The predicted molar refractivity (Wildman–Crippen MR) is 115 cm³/mol. The quantitative estimate of drug-likeness (QED) is 0.417. The van der Waals surface area contributed by atoms with Crippen LogP contribution in [0.5, 0.6) is 0 Å². The number of aromatic nitrogens is 1. The van der Waals surface area contributed by atoms with Gasteiger partial charge < -0.3 is 15.2 Å². The molecule has 0 saturated carbocycles. The zero-order chi connectivity index (χ0) is 20.4. The lowest BCUT2D eigenvalue weighted by atomic mass is 10.1. The smallest absolute Gasteiger partial charge is 0.216 e. The van der Waals surface area contributed by atoms with Crippen LogP contribution < -0.4 is 15.4 Å². The van der Waals surface area contributed by atoms with Crippen molar-refractivity contribution in [1.29, 1.82) is 0 Å². The summed E-state index contributed by atoms with van der Waals surface area (Å²) in [7, 11) is -3.38. The van der Waals surface area contributed by atoms with Crippen molar-refractivity contribution < 1.29 is 8.42 Å². The molecule has 0 aliphatic carbocycles. The van der Waals surface area contributed by atoms with Gasteiger partial charge in [0, 0.05) is 38.1 Å². The topological polar surface area (TPSA) is 87.5 Å². The second-order valence-corrected chi connectivity index (χ2v) is 8.60. The minimum absolute atomic E-state index is 0.0472. The summed E-state index contributed by atoms with van der Waals surface area (Å²) in [6.07, 6.45) is 4.04. The van der Waals surface area contributed by atoms with Crippen LogP contribution >= 0.6 is 0 Å². The third kappa shape index (κ3) is 7.74. The highest BCUT2D eigenvalue weighted by Gasteiger charge is 2.15. The molecular weight excluding hydrogens is 374 g/mol. The highest BCUT2D eigenvalue weighted by Crippen LogP contribution is 2.13. The first-order valence-corrected chi connectivity index (χ1v) is 11.2. The number of benzene rings is 1. The van der Waals surface area contributed by atoms with Crippen LogP contribution in [-0.4, -0.2) is 38.1 Å². The normalized spacial score (nSPS) is 12.4. The molecule has 0 saturated heterocycles. The molecule has 1 heterocycles. The van der Waals surface area contributed by atoms with E-state index >= 15 is 0 Å². The van der Waals surface area contributed by atoms with Crippen LogP contribution in [0.25, 0.3) is 0 Å². The lowest BCUT2D eigenvalue weighted by Gasteiger charge is -2.14. The molecule has 1 aromatic heterocycles. The van der Waals surface area contributed by atoms with Gasteiger partial charge in [0.1, 0.15) is 0 Å². The lowest BCUT2D eigenvalue weighted by Crippen LogP contribution is -2.38. The van der Waals surface area contributed by atoms with E-state index in [1.54, 1.807) is 0 Å². The van der Waals surface area contributed by atoms with Crippen molar-refractivity contribution in [3.05, 3.63) is 59.9 Å². The summed E-state index contributed by atoms with van der Waals surface area (Å²) < 4.78 is 29.3. The van der Waals surface area contributed by atoms with Gasteiger partial charge in [0.2, 0.25) is 10.0 Å². The summed E-state index contributed by atoms with van der Waals surface area (Å²) in [5.74, 6) is 0.668. The van der Waals surface area contributed by atoms with Gasteiger partial charge in [-0.2, -0.15) is 0 Å². The van der Waals surface area contributed by atoms with E-state index in [9.17, 15) is 8.42 Å². The Morgan fingerprint density at radius 1 is 1.07 bits per heavy atom. The maximum absolute atomic E-state index is 12.3. The maximum Gasteiger partial charge on any atom is 0.216 e. The molecule has 0 fully saturated rings. The SMILES string of the molecule is CCNC(=NCc1ccccc1CS(=O)(=O)NC(C)C)NCCn1cccc1. The summed E-state index contributed by atoms with van der Waals surface area (Å²) in [5, 5.41) is 6.54. The van der Waals surface area contributed by atoms with E-state index in [1.807, 2.05) is 69.6 Å².